The van der Waals surface area contributed by atoms with Crippen LogP contribution >= 0.6 is 33.2 Å². The van der Waals surface area contributed by atoms with Crippen LogP contribution in [0.3, 0.4) is 0 Å². The number of hydrogen-bond donors (Lipinski definition) is 0. The summed E-state index contributed by atoms with van der Waals surface area (Å²) < 4.78 is 0. The molecule has 0 N–H and O–H groups in total. The molecule has 0 aromatic heterocycles. The maximum Gasteiger partial charge on any atom is 0.346 e. The van der Waals surface area contributed by atoms with Crippen molar-refractivity contribution in [2.45, 2.75) is 51.5 Å². The minimum atomic E-state index is -2.55. The fraction of sp³-hybridized carbons (Fsp3) is 1.00. The summed E-state index contributed by atoms with van der Waals surface area (Å²) in [6, 6.07) is -2.55. The van der Waals surface area contributed by atoms with E-state index < -0.39 is 6.00 Å². The molecule has 0 aliphatic heterocycles. The SMILES string of the molecule is CC1(C)CCCC(C)([Si](Cl)(Cl)Cl)C1. The molecule has 4 heteroatoms. The molecule has 1 aliphatic rings. The van der Waals surface area contributed by atoms with Gasteiger partial charge in [0.05, 0.1) is 0 Å². The van der Waals surface area contributed by atoms with E-state index in [1.54, 1.807) is 0 Å². The van der Waals surface area contributed by atoms with Gasteiger partial charge < -0.3 is 0 Å². The second kappa shape index (κ2) is 3.59. The highest BCUT2D eigenvalue weighted by molar-refractivity contribution is 7.65. The zero-order valence-corrected chi connectivity index (χ0v) is 11.7. The van der Waals surface area contributed by atoms with Crippen molar-refractivity contribution in [2.24, 2.45) is 5.41 Å². The van der Waals surface area contributed by atoms with Gasteiger partial charge in [-0.3, -0.25) is 0 Å². The van der Waals surface area contributed by atoms with Crippen LogP contribution in [0.15, 0.2) is 0 Å². The smallest absolute Gasteiger partial charge is 0.125 e. The Morgan fingerprint density at radius 1 is 1.00 bits per heavy atom. The van der Waals surface area contributed by atoms with Crippen LogP contribution in [0.4, 0.5) is 0 Å². The van der Waals surface area contributed by atoms with E-state index in [1.807, 2.05) is 0 Å². The van der Waals surface area contributed by atoms with Crippen molar-refractivity contribution in [3.8, 4) is 0 Å². The van der Waals surface area contributed by atoms with Crippen molar-refractivity contribution >= 4 is 39.2 Å². The first-order valence-corrected chi connectivity index (χ1v) is 9.77. The van der Waals surface area contributed by atoms with Crippen LogP contribution in [0.2, 0.25) is 5.04 Å². The third-order valence-corrected chi connectivity index (χ3v) is 9.04. The molecule has 1 atom stereocenters. The maximum atomic E-state index is 6.15. The standard InChI is InChI=1S/C9H17Cl3Si/c1-8(2)5-4-6-9(3,7-8)13(10,11)12/h4-7H2,1-3H3. The number of halogens is 3. The lowest BCUT2D eigenvalue weighted by Crippen LogP contribution is -2.38. The van der Waals surface area contributed by atoms with Crippen molar-refractivity contribution in [2.75, 3.05) is 0 Å². The number of rotatable bonds is 1. The van der Waals surface area contributed by atoms with Gasteiger partial charge in [-0.15, -0.1) is 33.2 Å². The highest BCUT2D eigenvalue weighted by Gasteiger charge is 2.51. The van der Waals surface area contributed by atoms with Crippen LogP contribution in [-0.4, -0.2) is 6.00 Å². The van der Waals surface area contributed by atoms with Crippen molar-refractivity contribution in [3.05, 3.63) is 0 Å². The third-order valence-electron chi connectivity index (χ3n) is 3.14. The topological polar surface area (TPSA) is 0 Å². The predicted octanol–water partition coefficient (Wildman–Crippen LogP) is 5.00. The van der Waals surface area contributed by atoms with Crippen molar-refractivity contribution in [1.29, 1.82) is 0 Å². The van der Waals surface area contributed by atoms with E-state index in [4.69, 9.17) is 33.2 Å². The predicted molar refractivity (Wildman–Crippen MR) is 63.9 cm³/mol. The molecular formula is C9H17Cl3Si. The Kier molecular flexibility index (Phi) is 3.35. The Hall–Kier alpha value is 1.09. The van der Waals surface area contributed by atoms with E-state index in [9.17, 15) is 0 Å². The second-order valence-corrected chi connectivity index (χ2v) is 14.3. The molecule has 0 nitrogen and oxygen atoms in total. The zero-order chi connectivity index (χ0) is 10.3. The molecule has 1 rings (SSSR count). The van der Waals surface area contributed by atoms with E-state index in [0.717, 1.165) is 12.8 Å². The summed E-state index contributed by atoms with van der Waals surface area (Å²) in [4.78, 5) is 0. The fourth-order valence-electron chi connectivity index (χ4n) is 2.43. The van der Waals surface area contributed by atoms with Gasteiger partial charge in [0.15, 0.2) is 0 Å². The summed E-state index contributed by atoms with van der Waals surface area (Å²) >= 11 is 18.5. The van der Waals surface area contributed by atoms with E-state index in [1.165, 1.54) is 12.8 Å². The normalized spacial score (nSPS) is 34.6. The van der Waals surface area contributed by atoms with Gasteiger partial charge in [0.1, 0.15) is 0 Å². The maximum absolute atomic E-state index is 6.15. The van der Waals surface area contributed by atoms with Gasteiger partial charge in [-0.2, -0.15) is 0 Å². The first-order chi connectivity index (χ1) is 5.66. The molecule has 13 heavy (non-hydrogen) atoms. The Bertz CT molecular complexity index is 198. The largest absolute Gasteiger partial charge is 0.346 e. The number of hydrogen-bond acceptors (Lipinski definition) is 0. The van der Waals surface area contributed by atoms with Crippen LogP contribution in [0, 0.1) is 5.41 Å². The molecule has 1 aliphatic carbocycles. The van der Waals surface area contributed by atoms with Gasteiger partial charge in [0.25, 0.3) is 0 Å². The van der Waals surface area contributed by atoms with Gasteiger partial charge >= 0.3 is 6.00 Å². The Morgan fingerprint density at radius 3 is 1.85 bits per heavy atom. The van der Waals surface area contributed by atoms with Gasteiger partial charge in [-0.25, -0.2) is 0 Å². The van der Waals surface area contributed by atoms with E-state index >= 15 is 0 Å². The summed E-state index contributed by atoms with van der Waals surface area (Å²) in [6.07, 6.45) is 4.60. The lowest BCUT2D eigenvalue weighted by atomic mass is 9.72. The first kappa shape index (κ1) is 12.2. The van der Waals surface area contributed by atoms with Crippen LogP contribution in [0.5, 0.6) is 0 Å². The van der Waals surface area contributed by atoms with Gasteiger partial charge in [0, 0.05) is 5.04 Å². The van der Waals surface area contributed by atoms with E-state index in [-0.39, 0.29) is 5.04 Å². The van der Waals surface area contributed by atoms with Gasteiger partial charge in [-0.1, -0.05) is 27.2 Å². The summed E-state index contributed by atoms with van der Waals surface area (Å²) in [5.74, 6) is 0. The van der Waals surface area contributed by atoms with Gasteiger partial charge in [-0.05, 0) is 24.7 Å². The van der Waals surface area contributed by atoms with Crippen LogP contribution in [0.25, 0.3) is 0 Å². The molecule has 0 saturated heterocycles. The summed E-state index contributed by atoms with van der Waals surface area (Å²) in [5.41, 5.74) is 0.351. The molecule has 0 bridgehead atoms. The Morgan fingerprint density at radius 2 is 1.54 bits per heavy atom. The molecular weight excluding hydrogens is 243 g/mol. The van der Waals surface area contributed by atoms with Gasteiger partial charge in [0.2, 0.25) is 0 Å². The molecule has 0 spiro atoms. The highest BCUT2D eigenvalue weighted by atomic mass is 35.8. The second-order valence-electron chi connectivity index (χ2n) is 5.25. The average molecular weight is 260 g/mol. The summed E-state index contributed by atoms with van der Waals surface area (Å²) in [5, 5.41) is -0.0145. The molecule has 1 fully saturated rings. The highest BCUT2D eigenvalue weighted by Crippen LogP contribution is 2.59. The Balaban J connectivity index is 2.81. The minimum Gasteiger partial charge on any atom is -0.125 e. The third kappa shape index (κ3) is 2.77. The molecule has 0 aromatic rings. The van der Waals surface area contributed by atoms with Crippen molar-refractivity contribution in [3.63, 3.8) is 0 Å². The lowest BCUT2D eigenvalue weighted by molar-refractivity contribution is 0.199. The molecule has 0 amide bonds. The van der Waals surface area contributed by atoms with E-state index in [0.29, 0.717) is 5.41 Å². The molecule has 1 saturated carbocycles. The molecule has 0 aromatic carbocycles. The first-order valence-electron chi connectivity index (χ1n) is 4.73. The summed E-state index contributed by atoms with van der Waals surface area (Å²) in [7, 11) is 0. The monoisotopic (exact) mass is 258 g/mol. The van der Waals surface area contributed by atoms with Crippen LogP contribution in [0.1, 0.15) is 46.5 Å². The van der Waals surface area contributed by atoms with Crippen LogP contribution < -0.4 is 0 Å². The summed E-state index contributed by atoms with van der Waals surface area (Å²) in [6.45, 7) is 6.69. The van der Waals surface area contributed by atoms with E-state index in [2.05, 4.69) is 20.8 Å². The lowest BCUT2D eigenvalue weighted by Gasteiger charge is -2.45. The molecule has 78 valence electrons. The molecule has 0 heterocycles. The average Bonchev–Trinajstić information content (AvgIpc) is 1.80. The quantitative estimate of drug-likeness (QED) is 0.459. The zero-order valence-electron chi connectivity index (χ0n) is 8.46. The molecule has 1 unspecified atom stereocenters. The van der Waals surface area contributed by atoms with Crippen LogP contribution in [-0.2, 0) is 0 Å². The fourth-order valence-corrected chi connectivity index (χ4v) is 5.02. The minimum absolute atomic E-state index is 0.0145. The molecule has 0 radical (unpaired) electrons. The van der Waals surface area contributed by atoms with Crippen molar-refractivity contribution < 1.29 is 0 Å². The van der Waals surface area contributed by atoms with Crippen molar-refractivity contribution in [1.82, 2.24) is 0 Å². The Labute approximate surface area is 96.1 Å².